The van der Waals surface area contributed by atoms with Gasteiger partial charge in [0, 0.05) is 11.1 Å². The maximum absolute atomic E-state index is 12.1. The van der Waals surface area contributed by atoms with Crippen LogP contribution in [-0.2, 0) is 0 Å². The monoisotopic (exact) mass is 402 g/mol. The average molecular weight is 402 g/mol. The molecular weight excluding hydrogens is 384 g/mol. The van der Waals surface area contributed by atoms with Gasteiger partial charge in [0.2, 0.25) is 0 Å². The molecule has 150 valence electrons. The standard InChI is InChI=1S/C24H18O6/c25-19(17-7-11-21(27)23(29)13-17)9-5-15-1-2-16(4-3-15)6-10-20(26)18-8-12-22(28)24(30)14-18/h1-14,27-30H/b9-5+,10-6+. The van der Waals surface area contributed by atoms with Crippen molar-refractivity contribution in [3.05, 3.63) is 95.1 Å². The molecule has 0 unspecified atom stereocenters. The van der Waals surface area contributed by atoms with Gasteiger partial charge in [0.25, 0.3) is 0 Å². The summed E-state index contributed by atoms with van der Waals surface area (Å²) in [5.74, 6) is -1.95. The summed E-state index contributed by atoms with van der Waals surface area (Å²) in [6, 6.07) is 14.8. The summed E-state index contributed by atoms with van der Waals surface area (Å²) in [6.07, 6.45) is 5.95. The van der Waals surface area contributed by atoms with Crippen LogP contribution in [-0.4, -0.2) is 32.0 Å². The van der Waals surface area contributed by atoms with Gasteiger partial charge < -0.3 is 20.4 Å². The molecule has 0 bridgehead atoms. The summed E-state index contributed by atoms with van der Waals surface area (Å²) in [6.45, 7) is 0. The third kappa shape index (κ3) is 4.94. The lowest BCUT2D eigenvalue weighted by Crippen LogP contribution is -1.93. The van der Waals surface area contributed by atoms with Crippen LogP contribution in [0.1, 0.15) is 31.8 Å². The number of allylic oxidation sites excluding steroid dienone is 2. The van der Waals surface area contributed by atoms with Gasteiger partial charge in [-0.3, -0.25) is 9.59 Å². The molecule has 0 atom stereocenters. The molecular formula is C24H18O6. The van der Waals surface area contributed by atoms with Gasteiger partial charge in [0.1, 0.15) is 0 Å². The fourth-order valence-electron chi connectivity index (χ4n) is 2.61. The molecule has 3 aromatic rings. The van der Waals surface area contributed by atoms with E-state index in [1.54, 1.807) is 36.4 Å². The van der Waals surface area contributed by atoms with Crippen LogP contribution in [0.25, 0.3) is 12.2 Å². The van der Waals surface area contributed by atoms with E-state index >= 15 is 0 Å². The van der Waals surface area contributed by atoms with E-state index in [0.717, 1.165) is 11.1 Å². The van der Waals surface area contributed by atoms with Gasteiger partial charge in [-0.2, -0.15) is 0 Å². The van der Waals surface area contributed by atoms with Crippen molar-refractivity contribution in [3.8, 4) is 23.0 Å². The molecule has 6 nitrogen and oxygen atoms in total. The minimum atomic E-state index is -0.359. The minimum Gasteiger partial charge on any atom is -0.504 e. The Labute approximate surface area is 172 Å². The van der Waals surface area contributed by atoms with Crippen LogP contribution in [0, 0.1) is 0 Å². The smallest absolute Gasteiger partial charge is 0.185 e. The Morgan fingerprint density at radius 2 is 0.900 bits per heavy atom. The topological polar surface area (TPSA) is 115 Å². The van der Waals surface area contributed by atoms with Gasteiger partial charge in [0.15, 0.2) is 34.6 Å². The van der Waals surface area contributed by atoms with Crippen LogP contribution < -0.4 is 0 Å². The summed E-state index contributed by atoms with van der Waals surface area (Å²) >= 11 is 0. The lowest BCUT2D eigenvalue weighted by molar-refractivity contribution is 0.103. The summed E-state index contributed by atoms with van der Waals surface area (Å²) < 4.78 is 0. The van der Waals surface area contributed by atoms with Crippen molar-refractivity contribution in [2.45, 2.75) is 0 Å². The zero-order chi connectivity index (χ0) is 21.7. The van der Waals surface area contributed by atoms with Gasteiger partial charge in [0.05, 0.1) is 0 Å². The second-order valence-electron chi connectivity index (χ2n) is 6.47. The molecule has 30 heavy (non-hydrogen) atoms. The van der Waals surface area contributed by atoms with Crippen molar-refractivity contribution in [3.63, 3.8) is 0 Å². The van der Waals surface area contributed by atoms with Gasteiger partial charge in [-0.1, -0.05) is 36.4 Å². The van der Waals surface area contributed by atoms with E-state index in [4.69, 9.17) is 0 Å². The zero-order valence-electron chi connectivity index (χ0n) is 15.7. The van der Waals surface area contributed by atoms with Crippen molar-refractivity contribution in [2.24, 2.45) is 0 Å². The van der Waals surface area contributed by atoms with E-state index in [1.807, 2.05) is 0 Å². The molecule has 0 saturated heterocycles. The van der Waals surface area contributed by atoms with Crippen LogP contribution in [0.15, 0.2) is 72.8 Å². The summed E-state index contributed by atoms with van der Waals surface area (Å²) in [7, 11) is 0. The van der Waals surface area contributed by atoms with Gasteiger partial charge in [-0.05, 0) is 59.7 Å². The maximum atomic E-state index is 12.1. The second-order valence-corrected chi connectivity index (χ2v) is 6.47. The molecule has 4 N–H and O–H groups in total. The highest BCUT2D eigenvalue weighted by Crippen LogP contribution is 2.26. The largest absolute Gasteiger partial charge is 0.504 e. The van der Waals surface area contributed by atoms with E-state index in [2.05, 4.69) is 0 Å². The lowest BCUT2D eigenvalue weighted by Gasteiger charge is -2.01. The molecule has 0 heterocycles. The molecule has 0 aliphatic heterocycles. The van der Waals surface area contributed by atoms with Crippen LogP contribution in [0.2, 0.25) is 0 Å². The van der Waals surface area contributed by atoms with Crippen LogP contribution in [0.4, 0.5) is 0 Å². The molecule has 3 aromatic carbocycles. The summed E-state index contributed by atoms with van der Waals surface area (Å²) in [5.41, 5.74) is 2.02. The fraction of sp³-hybridized carbons (Fsp3) is 0. The van der Waals surface area contributed by atoms with Crippen LogP contribution in [0.3, 0.4) is 0 Å². The van der Waals surface area contributed by atoms with Crippen LogP contribution >= 0.6 is 0 Å². The van der Waals surface area contributed by atoms with Crippen LogP contribution in [0.5, 0.6) is 23.0 Å². The summed E-state index contributed by atoms with van der Waals surface area (Å²) in [5, 5.41) is 37.5. The van der Waals surface area contributed by atoms with Crippen molar-refractivity contribution in [1.29, 1.82) is 0 Å². The van der Waals surface area contributed by atoms with E-state index in [-0.39, 0.29) is 45.7 Å². The molecule has 0 fully saturated rings. The molecule has 0 amide bonds. The molecule has 0 aliphatic rings. The number of hydrogen-bond acceptors (Lipinski definition) is 6. The van der Waals surface area contributed by atoms with E-state index in [0.29, 0.717) is 0 Å². The Hall–Kier alpha value is -4.32. The third-order valence-electron chi connectivity index (χ3n) is 4.31. The van der Waals surface area contributed by atoms with Crippen molar-refractivity contribution in [1.82, 2.24) is 0 Å². The summed E-state index contributed by atoms with van der Waals surface area (Å²) in [4.78, 5) is 24.3. The Kier molecular flexibility index (Phi) is 5.98. The number of carbonyl (C=O) groups excluding carboxylic acids is 2. The average Bonchev–Trinajstić information content (AvgIpc) is 2.74. The van der Waals surface area contributed by atoms with Crippen molar-refractivity contribution < 1.29 is 30.0 Å². The van der Waals surface area contributed by atoms with E-state index in [1.165, 1.54) is 48.6 Å². The van der Waals surface area contributed by atoms with E-state index in [9.17, 15) is 30.0 Å². The minimum absolute atomic E-state index is 0.250. The van der Waals surface area contributed by atoms with E-state index < -0.39 is 0 Å². The van der Waals surface area contributed by atoms with Crippen molar-refractivity contribution in [2.75, 3.05) is 0 Å². The first-order valence-corrected chi connectivity index (χ1v) is 8.92. The number of phenols is 4. The number of ketones is 2. The zero-order valence-corrected chi connectivity index (χ0v) is 15.7. The first-order chi connectivity index (χ1) is 14.3. The molecule has 0 saturated carbocycles. The number of carbonyl (C=O) groups is 2. The number of hydrogen-bond donors (Lipinski definition) is 4. The third-order valence-corrected chi connectivity index (χ3v) is 4.31. The SMILES string of the molecule is O=C(/C=C/c1ccc(/C=C/C(=O)c2ccc(O)c(O)c2)cc1)c1ccc(O)c(O)c1. The highest BCUT2D eigenvalue weighted by molar-refractivity contribution is 6.07. The lowest BCUT2D eigenvalue weighted by atomic mass is 10.1. The normalized spacial score (nSPS) is 11.2. The first-order valence-electron chi connectivity index (χ1n) is 8.92. The Morgan fingerprint density at radius 3 is 1.23 bits per heavy atom. The molecule has 0 radical (unpaired) electrons. The Balaban J connectivity index is 1.65. The number of benzene rings is 3. The maximum Gasteiger partial charge on any atom is 0.185 e. The highest BCUT2D eigenvalue weighted by atomic mass is 16.3. The predicted molar refractivity (Wildman–Crippen MR) is 113 cm³/mol. The molecule has 0 aliphatic carbocycles. The fourth-order valence-corrected chi connectivity index (χ4v) is 2.61. The van der Waals surface area contributed by atoms with Gasteiger partial charge in [-0.25, -0.2) is 0 Å². The first kappa shape index (κ1) is 20.4. The number of aromatic hydroxyl groups is 4. The molecule has 0 aromatic heterocycles. The number of rotatable bonds is 6. The highest BCUT2D eigenvalue weighted by Gasteiger charge is 2.07. The molecule has 0 spiro atoms. The number of phenolic OH excluding ortho intramolecular Hbond substituents is 4. The van der Waals surface area contributed by atoms with Crippen molar-refractivity contribution >= 4 is 23.7 Å². The molecule has 3 rings (SSSR count). The molecule has 6 heteroatoms. The second kappa shape index (κ2) is 8.79. The van der Waals surface area contributed by atoms with Gasteiger partial charge >= 0.3 is 0 Å². The predicted octanol–water partition coefficient (Wildman–Crippen LogP) is 4.30. The Bertz CT molecular complexity index is 1060. The van der Waals surface area contributed by atoms with Gasteiger partial charge in [-0.15, -0.1) is 0 Å². The Morgan fingerprint density at radius 1 is 0.533 bits per heavy atom. The quantitative estimate of drug-likeness (QED) is 0.278.